The van der Waals surface area contributed by atoms with Gasteiger partial charge >= 0.3 is 0 Å². The SMILES string of the molecule is C[C@H](NC(=O)C1CCN(S(=O)(=O)c2ccc3c(c2)CCCC3)CC1)c1ccccc1. The van der Waals surface area contributed by atoms with E-state index in [0.717, 1.165) is 24.8 Å². The number of fused-ring (bicyclic) bond motifs is 1. The topological polar surface area (TPSA) is 66.5 Å². The van der Waals surface area contributed by atoms with E-state index >= 15 is 0 Å². The summed E-state index contributed by atoms with van der Waals surface area (Å²) in [6.07, 6.45) is 5.41. The van der Waals surface area contributed by atoms with Crippen molar-refractivity contribution < 1.29 is 13.2 Å². The number of nitrogens with zero attached hydrogens (tertiary/aromatic N) is 1. The second-order valence-corrected chi connectivity index (χ2v) is 10.4. The zero-order valence-corrected chi connectivity index (χ0v) is 18.3. The Bertz CT molecular complexity index is 996. The monoisotopic (exact) mass is 426 g/mol. The second-order valence-electron chi connectivity index (χ2n) is 8.46. The van der Waals surface area contributed by atoms with Crippen LogP contribution in [0.4, 0.5) is 0 Å². The van der Waals surface area contributed by atoms with Gasteiger partial charge in [0, 0.05) is 19.0 Å². The fraction of sp³-hybridized carbons (Fsp3) is 0.458. The van der Waals surface area contributed by atoms with E-state index in [1.807, 2.05) is 49.4 Å². The number of amides is 1. The van der Waals surface area contributed by atoms with Gasteiger partial charge in [0.15, 0.2) is 0 Å². The van der Waals surface area contributed by atoms with Crippen LogP contribution in [0.25, 0.3) is 0 Å². The van der Waals surface area contributed by atoms with Crippen LogP contribution in [0.1, 0.15) is 55.3 Å². The Balaban J connectivity index is 1.37. The number of aryl methyl sites for hydroxylation is 2. The van der Waals surface area contributed by atoms with Crippen molar-refractivity contribution in [3.8, 4) is 0 Å². The number of hydrogen-bond acceptors (Lipinski definition) is 3. The van der Waals surface area contributed by atoms with Gasteiger partial charge in [-0.2, -0.15) is 4.31 Å². The summed E-state index contributed by atoms with van der Waals surface area (Å²) in [5, 5.41) is 3.08. The maximum absolute atomic E-state index is 13.1. The lowest BCUT2D eigenvalue weighted by atomic mass is 9.92. The van der Waals surface area contributed by atoms with Crippen molar-refractivity contribution in [2.24, 2.45) is 5.92 Å². The van der Waals surface area contributed by atoms with E-state index in [2.05, 4.69) is 5.32 Å². The number of nitrogens with one attached hydrogen (secondary N) is 1. The summed E-state index contributed by atoms with van der Waals surface area (Å²) < 4.78 is 27.8. The Labute approximate surface area is 179 Å². The molecule has 4 rings (SSSR count). The van der Waals surface area contributed by atoms with Crippen LogP contribution in [-0.2, 0) is 27.7 Å². The smallest absolute Gasteiger partial charge is 0.243 e. The predicted molar refractivity (Wildman–Crippen MR) is 118 cm³/mol. The van der Waals surface area contributed by atoms with Crippen LogP contribution in [0.5, 0.6) is 0 Å². The van der Waals surface area contributed by atoms with E-state index in [0.29, 0.717) is 30.8 Å². The molecule has 1 aliphatic heterocycles. The first-order chi connectivity index (χ1) is 14.4. The maximum atomic E-state index is 13.1. The van der Waals surface area contributed by atoms with Crippen molar-refractivity contribution in [2.45, 2.75) is 56.4 Å². The Kier molecular flexibility index (Phi) is 6.25. The standard InChI is InChI=1S/C24H30N2O3S/c1-18(19-7-3-2-4-8-19)25-24(27)21-13-15-26(16-14-21)30(28,29)23-12-11-20-9-5-6-10-22(20)17-23/h2-4,7-8,11-12,17-18,21H,5-6,9-10,13-16H2,1H3,(H,25,27)/t18-/m0/s1. The van der Waals surface area contributed by atoms with Crippen LogP contribution in [-0.4, -0.2) is 31.7 Å². The lowest BCUT2D eigenvalue weighted by Gasteiger charge is -2.31. The molecule has 1 heterocycles. The summed E-state index contributed by atoms with van der Waals surface area (Å²) >= 11 is 0. The summed E-state index contributed by atoms with van der Waals surface area (Å²) in [6.45, 7) is 2.75. The minimum Gasteiger partial charge on any atom is -0.349 e. The zero-order chi connectivity index (χ0) is 21.1. The molecule has 2 aromatic carbocycles. The molecule has 0 radical (unpaired) electrons. The van der Waals surface area contributed by atoms with E-state index in [4.69, 9.17) is 0 Å². The van der Waals surface area contributed by atoms with Crippen LogP contribution < -0.4 is 5.32 Å². The van der Waals surface area contributed by atoms with Gasteiger partial charge in [-0.15, -0.1) is 0 Å². The fourth-order valence-corrected chi connectivity index (χ4v) is 6.05. The first-order valence-electron chi connectivity index (χ1n) is 10.9. The highest BCUT2D eigenvalue weighted by Crippen LogP contribution is 2.28. The third-order valence-electron chi connectivity index (χ3n) is 6.44. The van der Waals surface area contributed by atoms with Gasteiger partial charge in [0.2, 0.25) is 15.9 Å². The molecule has 0 unspecified atom stereocenters. The Morgan fingerprint density at radius 2 is 1.67 bits per heavy atom. The highest BCUT2D eigenvalue weighted by molar-refractivity contribution is 7.89. The van der Waals surface area contributed by atoms with Crippen LogP contribution >= 0.6 is 0 Å². The first-order valence-corrected chi connectivity index (χ1v) is 12.4. The lowest BCUT2D eigenvalue weighted by Crippen LogP contribution is -2.43. The van der Waals surface area contributed by atoms with Gasteiger partial charge in [-0.3, -0.25) is 4.79 Å². The molecule has 1 amide bonds. The van der Waals surface area contributed by atoms with Crippen LogP contribution in [0.3, 0.4) is 0 Å². The molecule has 2 aromatic rings. The highest BCUT2D eigenvalue weighted by Gasteiger charge is 2.32. The number of hydrogen-bond donors (Lipinski definition) is 1. The molecule has 1 fully saturated rings. The molecule has 30 heavy (non-hydrogen) atoms. The van der Waals surface area contributed by atoms with E-state index in [-0.39, 0.29) is 17.9 Å². The Hall–Kier alpha value is -2.18. The van der Waals surface area contributed by atoms with E-state index < -0.39 is 10.0 Å². The largest absolute Gasteiger partial charge is 0.349 e. The van der Waals surface area contributed by atoms with Gasteiger partial charge in [0.05, 0.1) is 10.9 Å². The number of sulfonamides is 1. The quantitative estimate of drug-likeness (QED) is 0.790. The number of carbonyl (C=O) groups is 1. The molecule has 1 aliphatic carbocycles. The van der Waals surface area contributed by atoms with Crippen molar-refractivity contribution >= 4 is 15.9 Å². The molecule has 5 nitrogen and oxygen atoms in total. The molecule has 0 bridgehead atoms. The maximum Gasteiger partial charge on any atom is 0.243 e. The van der Waals surface area contributed by atoms with Crippen LogP contribution in [0.15, 0.2) is 53.4 Å². The van der Waals surface area contributed by atoms with Gasteiger partial charge in [0.25, 0.3) is 0 Å². The Morgan fingerprint density at radius 1 is 1.00 bits per heavy atom. The van der Waals surface area contributed by atoms with E-state index in [1.165, 1.54) is 17.5 Å². The van der Waals surface area contributed by atoms with Crippen molar-refractivity contribution in [3.05, 3.63) is 65.2 Å². The van der Waals surface area contributed by atoms with Crippen LogP contribution in [0, 0.1) is 5.92 Å². The molecule has 1 saturated heterocycles. The number of piperidine rings is 1. The number of rotatable bonds is 5. The summed E-state index contributed by atoms with van der Waals surface area (Å²) in [7, 11) is -3.51. The average Bonchev–Trinajstić information content (AvgIpc) is 2.79. The highest BCUT2D eigenvalue weighted by atomic mass is 32.2. The molecular weight excluding hydrogens is 396 g/mol. The molecule has 0 aromatic heterocycles. The lowest BCUT2D eigenvalue weighted by molar-refractivity contribution is -0.126. The molecule has 160 valence electrons. The zero-order valence-electron chi connectivity index (χ0n) is 17.5. The molecule has 0 saturated carbocycles. The molecule has 1 N–H and O–H groups in total. The first kappa shape index (κ1) is 21.1. The second kappa shape index (κ2) is 8.90. The summed E-state index contributed by atoms with van der Waals surface area (Å²) in [6, 6.07) is 15.4. The minimum atomic E-state index is -3.51. The predicted octanol–water partition coefficient (Wildman–Crippen LogP) is 3.84. The average molecular weight is 427 g/mol. The van der Waals surface area contributed by atoms with E-state index in [1.54, 1.807) is 10.4 Å². The number of carbonyl (C=O) groups excluding carboxylic acids is 1. The summed E-state index contributed by atoms with van der Waals surface area (Å²) in [5.41, 5.74) is 3.52. The van der Waals surface area contributed by atoms with Crippen LogP contribution in [0.2, 0.25) is 0 Å². The van der Waals surface area contributed by atoms with Crippen molar-refractivity contribution in [2.75, 3.05) is 13.1 Å². The number of benzene rings is 2. The summed E-state index contributed by atoms with van der Waals surface area (Å²) in [5.74, 6) is -0.136. The molecule has 6 heteroatoms. The summed E-state index contributed by atoms with van der Waals surface area (Å²) in [4.78, 5) is 13.1. The van der Waals surface area contributed by atoms with Gasteiger partial charge < -0.3 is 5.32 Å². The fourth-order valence-electron chi connectivity index (χ4n) is 4.53. The van der Waals surface area contributed by atoms with Crippen molar-refractivity contribution in [1.82, 2.24) is 9.62 Å². The van der Waals surface area contributed by atoms with E-state index in [9.17, 15) is 13.2 Å². The normalized spacial score (nSPS) is 19.1. The van der Waals surface area contributed by atoms with Crippen molar-refractivity contribution in [1.29, 1.82) is 0 Å². The van der Waals surface area contributed by atoms with Gasteiger partial charge in [0.1, 0.15) is 0 Å². The Morgan fingerprint density at radius 3 is 2.37 bits per heavy atom. The molecular formula is C24H30N2O3S. The molecule has 0 spiro atoms. The third kappa shape index (κ3) is 4.44. The van der Waals surface area contributed by atoms with Gasteiger partial charge in [-0.25, -0.2) is 8.42 Å². The third-order valence-corrected chi connectivity index (χ3v) is 8.34. The minimum absolute atomic E-state index is 0.0113. The van der Waals surface area contributed by atoms with Gasteiger partial charge in [-0.1, -0.05) is 36.4 Å². The van der Waals surface area contributed by atoms with Gasteiger partial charge in [-0.05, 0) is 74.3 Å². The molecule has 2 aliphatic rings. The molecule has 1 atom stereocenters. The van der Waals surface area contributed by atoms with Crippen molar-refractivity contribution in [3.63, 3.8) is 0 Å².